The number of aryl methyl sites for hydroxylation is 1. The summed E-state index contributed by atoms with van der Waals surface area (Å²) in [5, 5.41) is 10.9. The van der Waals surface area contributed by atoms with Gasteiger partial charge in [0, 0.05) is 32.0 Å². The number of hydrogen-bond acceptors (Lipinski definition) is 5. The Hall–Kier alpha value is -2.44. The molecule has 0 N–H and O–H groups in total. The van der Waals surface area contributed by atoms with Crippen LogP contribution in [0.4, 0.5) is 5.69 Å². The molecule has 1 amide bonds. The van der Waals surface area contributed by atoms with Crippen molar-refractivity contribution in [2.24, 2.45) is 0 Å². The van der Waals surface area contributed by atoms with Crippen LogP contribution in [0, 0.1) is 17.0 Å². The van der Waals surface area contributed by atoms with Gasteiger partial charge in [0.1, 0.15) is 5.78 Å². The van der Waals surface area contributed by atoms with Gasteiger partial charge in [-0.2, -0.15) is 0 Å². The van der Waals surface area contributed by atoms with Crippen molar-refractivity contribution in [3.05, 3.63) is 33.9 Å². The van der Waals surface area contributed by atoms with Crippen molar-refractivity contribution < 1.29 is 19.2 Å². The third kappa shape index (κ3) is 3.77. The lowest BCUT2D eigenvalue weighted by atomic mass is 10.1. The average molecular weight is 292 g/mol. The number of Topliss-reactive ketones (excluding diaryl/α,β-unsaturated/α-hetero) is 1. The second-order valence-electron chi connectivity index (χ2n) is 4.94. The van der Waals surface area contributed by atoms with Gasteiger partial charge in [0.2, 0.25) is 0 Å². The molecule has 0 aromatic heterocycles. The van der Waals surface area contributed by atoms with Crippen LogP contribution in [0.3, 0.4) is 0 Å². The van der Waals surface area contributed by atoms with Crippen LogP contribution in [0.2, 0.25) is 0 Å². The highest BCUT2D eigenvalue weighted by molar-refractivity contribution is 5.84. The summed E-state index contributed by atoms with van der Waals surface area (Å²) in [6.45, 7) is 2.25. The van der Waals surface area contributed by atoms with E-state index in [1.54, 1.807) is 17.9 Å². The normalized spacial score (nSPS) is 14.9. The lowest BCUT2D eigenvalue weighted by molar-refractivity contribution is -0.385. The van der Waals surface area contributed by atoms with Gasteiger partial charge in [-0.05, 0) is 18.6 Å². The zero-order valence-corrected chi connectivity index (χ0v) is 11.7. The summed E-state index contributed by atoms with van der Waals surface area (Å²) in [6, 6.07) is 4.58. The predicted octanol–water partition coefficient (Wildman–Crippen LogP) is 1.47. The number of amides is 1. The number of nitro groups is 1. The van der Waals surface area contributed by atoms with Crippen molar-refractivity contribution in [2.45, 2.75) is 19.8 Å². The lowest BCUT2D eigenvalue weighted by Gasteiger charge is -2.25. The molecule has 1 saturated heterocycles. The quantitative estimate of drug-likeness (QED) is 0.619. The number of rotatable bonds is 4. The average Bonchev–Trinajstić information content (AvgIpc) is 2.46. The number of nitrogens with zero attached hydrogens (tertiary/aromatic N) is 2. The van der Waals surface area contributed by atoms with Gasteiger partial charge >= 0.3 is 5.69 Å². The first kappa shape index (κ1) is 15.0. The number of carbonyl (C=O) groups excluding carboxylic acids is 2. The summed E-state index contributed by atoms with van der Waals surface area (Å²) in [7, 11) is 0. The molecule has 0 unspecified atom stereocenters. The summed E-state index contributed by atoms with van der Waals surface area (Å²) in [5.41, 5.74) is 0.589. The van der Waals surface area contributed by atoms with Gasteiger partial charge in [-0.1, -0.05) is 6.07 Å². The van der Waals surface area contributed by atoms with Gasteiger partial charge in [0.15, 0.2) is 12.4 Å². The highest BCUT2D eigenvalue weighted by Gasteiger charge is 2.22. The van der Waals surface area contributed by atoms with Crippen LogP contribution in [0.1, 0.15) is 18.4 Å². The molecular formula is C14H16N2O5. The molecule has 0 saturated carbocycles. The molecule has 7 nitrogen and oxygen atoms in total. The van der Waals surface area contributed by atoms with Crippen LogP contribution in [0.15, 0.2) is 18.2 Å². The molecule has 1 aliphatic heterocycles. The van der Waals surface area contributed by atoms with E-state index in [0.717, 1.165) is 5.56 Å². The van der Waals surface area contributed by atoms with E-state index in [2.05, 4.69) is 0 Å². The number of nitro benzene ring substituents is 1. The second kappa shape index (κ2) is 6.34. The highest BCUT2D eigenvalue weighted by atomic mass is 16.6. The minimum absolute atomic E-state index is 0.0760. The number of ether oxygens (including phenoxy) is 1. The molecule has 0 aliphatic carbocycles. The van der Waals surface area contributed by atoms with Gasteiger partial charge in [0.25, 0.3) is 5.91 Å². The van der Waals surface area contributed by atoms with Crippen molar-refractivity contribution in [1.82, 2.24) is 4.90 Å². The SMILES string of the molecule is Cc1ccc(OCC(=O)N2CCC(=O)CC2)c([N+](=O)[O-])c1. The van der Waals surface area contributed by atoms with Crippen molar-refractivity contribution in [2.75, 3.05) is 19.7 Å². The van der Waals surface area contributed by atoms with E-state index in [4.69, 9.17) is 4.74 Å². The number of hydrogen-bond donors (Lipinski definition) is 0. The molecule has 1 aromatic rings. The maximum Gasteiger partial charge on any atom is 0.311 e. The Morgan fingerprint density at radius 1 is 1.38 bits per heavy atom. The van der Waals surface area contributed by atoms with Crippen LogP contribution < -0.4 is 4.74 Å². The van der Waals surface area contributed by atoms with Gasteiger partial charge < -0.3 is 9.64 Å². The molecular weight excluding hydrogens is 276 g/mol. The molecule has 2 rings (SSSR count). The summed E-state index contributed by atoms with van der Waals surface area (Å²) < 4.78 is 5.28. The van der Waals surface area contributed by atoms with E-state index < -0.39 is 4.92 Å². The Labute approximate surface area is 121 Å². The fourth-order valence-corrected chi connectivity index (χ4v) is 2.13. The van der Waals surface area contributed by atoms with Crippen LogP contribution >= 0.6 is 0 Å². The summed E-state index contributed by atoms with van der Waals surface area (Å²) in [4.78, 5) is 35.0. The maximum absolute atomic E-state index is 11.9. The van der Waals surface area contributed by atoms with E-state index in [1.807, 2.05) is 0 Å². The van der Waals surface area contributed by atoms with E-state index in [9.17, 15) is 19.7 Å². The number of piperidine rings is 1. The van der Waals surface area contributed by atoms with Gasteiger partial charge in [-0.15, -0.1) is 0 Å². The number of benzene rings is 1. The minimum Gasteiger partial charge on any atom is -0.477 e. The van der Waals surface area contributed by atoms with Crippen molar-refractivity contribution >= 4 is 17.4 Å². The number of carbonyl (C=O) groups is 2. The Bertz CT molecular complexity index is 575. The minimum atomic E-state index is -0.535. The predicted molar refractivity (Wildman–Crippen MR) is 74.1 cm³/mol. The standard InChI is InChI=1S/C14H16N2O5/c1-10-2-3-13(12(8-10)16(19)20)21-9-14(18)15-6-4-11(17)5-7-15/h2-3,8H,4-7,9H2,1H3. The second-order valence-corrected chi connectivity index (χ2v) is 4.94. The summed E-state index contributed by atoms with van der Waals surface area (Å²) in [5.74, 6) is -0.0430. The largest absolute Gasteiger partial charge is 0.477 e. The van der Waals surface area contributed by atoms with Crippen molar-refractivity contribution in [3.8, 4) is 5.75 Å². The maximum atomic E-state index is 11.9. The molecule has 7 heteroatoms. The monoisotopic (exact) mass is 292 g/mol. The van der Waals surface area contributed by atoms with Crippen molar-refractivity contribution in [3.63, 3.8) is 0 Å². The Morgan fingerprint density at radius 3 is 2.67 bits per heavy atom. The zero-order valence-electron chi connectivity index (χ0n) is 11.7. The van der Waals surface area contributed by atoms with Crippen LogP contribution in [-0.4, -0.2) is 41.2 Å². The molecule has 1 aromatic carbocycles. The fourth-order valence-electron chi connectivity index (χ4n) is 2.13. The van der Waals surface area contributed by atoms with Gasteiger partial charge in [-0.25, -0.2) is 0 Å². The fraction of sp³-hybridized carbons (Fsp3) is 0.429. The first-order valence-corrected chi connectivity index (χ1v) is 6.64. The molecule has 0 radical (unpaired) electrons. The Kier molecular flexibility index (Phi) is 4.52. The van der Waals surface area contributed by atoms with Crippen LogP contribution in [0.5, 0.6) is 5.75 Å². The van der Waals surface area contributed by atoms with E-state index in [-0.39, 0.29) is 29.7 Å². The molecule has 21 heavy (non-hydrogen) atoms. The number of likely N-dealkylation sites (tertiary alicyclic amines) is 1. The topological polar surface area (TPSA) is 89.8 Å². The highest BCUT2D eigenvalue weighted by Crippen LogP contribution is 2.27. The molecule has 0 spiro atoms. The third-order valence-electron chi connectivity index (χ3n) is 3.34. The van der Waals surface area contributed by atoms with Gasteiger partial charge in [-0.3, -0.25) is 19.7 Å². The zero-order chi connectivity index (χ0) is 15.4. The number of ketones is 1. The Balaban J connectivity index is 1.98. The smallest absolute Gasteiger partial charge is 0.311 e. The summed E-state index contributed by atoms with van der Waals surface area (Å²) in [6.07, 6.45) is 0.715. The van der Waals surface area contributed by atoms with Gasteiger partial charge in [0.05, 0.1) is 4.92 Å². The van der Waals surface area contributed by atoms with E-state index in [1.165, 1.54) is 12.1 Å². The van der Waals surface area contributed by atoms with E-state index in [0.29, 0.717) is 25.9 Å². The first-order valence-electron chi connectivity index (χ1n) is 6.64. The Morgan fingerprint density at radius 2 is 2.05 bits per heavy atom. The lowest BCUT2D eigenvalue weighted by Crippen LogP contribution is -2.41. The van der Waals surface area contributed by atoms with E-state index >= 15 is 0 Å². The molecule has 0 bridgehead atoms. The third-order valence-corrected chi connectivity index (χ3v) is 3.34. The molecule has 1 aliphatic rings. The van der Waals surface area contributed by atoms with Crippen LogP contribution in [0.25, 0.3) is 0 Å². The molecule has 1 heterocycles. The van der Waals surface area contributed by atoms with Crippen LogP contribution in [-0.2, 0) is 9.59 Å². The first-order chi connectivity index (χ1) is 9.97. The summed E-state index contributed by atoms with van der Waals surface area (Å²) >= 11 is 0. The molecule has 0 atom stereocenters. The molecule has 112 valence electrons. The molecule has 1 fully saturated rings. The van der Waals surface area contributed by atoms with Crippen molar-refractivity contribution in [1.29, 1.82) is 0 Å².